The first-order valence-corrected chi connectivity index (χ1v) is 10.1. The van der Waals surface area contributed by atoms with Gasteiger partial charge in [-0.25, -0.2) is 0 Å². The largest absolute Gasteiger partial charge is 0.406 e. The van der Waals surface area contributed by atoms with Crippen LogP contribution < -0.4 is 5.32 Å². The number of morpholine rings is 1. The molecule has 4 rings (SSSR count). The fourth-order valence-electron chi connectivity index (χ4n) is 4.68. The number of aryl methyl sites for hydroxylation is 1. The molecular weight excluding hydrogens is 367 g/mol. The summed E-state index contributed by atoms with van der Waals surface area (Å²) in [5.41, 5.74) is 2.22. The molecule has 2 aromatic rings. The minimum atomic E-state index is -4.22. The highest BCUT2D eigenvalue weighted by molar-refractivity contribution is 5.93. The summed E-state index contributed by atoms with van der Waals surface area (Å²) in [5.74, 6) is 0. The number of anilines is 1. The van der Waals surface area contributed by atoms with Gasteiger partial charge in [0, 0.05) is 41.9 Å². The van der Waals surface area contributed by atoms with Crippen molar-refractivity contribution in [1.29, 1.82) is 0 Å². The minimum Gasteiger partial charge on any atom is -0.382 e. The van der Waals surface area contributed by atoms with Gasteiger partial charge in [0.15, 0.2) is 0 Å². The van der Waals surface area contributed by atoms with E-state index in [2.05, 4.69) is 10.2 Å². The van der Waals surface area contributed by atoms with E-state index in [0.717, 1.165) is 63.1 Å². The lowest BCUT2D eigenvalue weighted by molar-refractivity contribution is -0.140. The number of nitrogens with zero attached hydrogens (tertiary/aromatic N) is 2. The van der Waals surface area contributed by atoms with E-state index in [1.165, 1.54) is 4.57 Å². The number of hydrogen-bond donors (Lipinski definition) is 1. The molecule has 2 heterocycles. The number of hydrogen-bond acceptors (Lipinski definition) is 3. The monoisotopic (exact) mass is 395 g/mol. The Morgan fingerprint density at radius 3 is 2.50 bits per heavy atom. The number of halogens is 3. The molecule has 0 spiro atoms. The average molecular weight is 395 g/mol. The number of benzene rings is 1. The van der Waals surface area contributed by atoms with Crippen molar-refractivity contribution in [2.45, 2.75) is 57.4 Å². The Bertz CT molecular complexity index is 803. The zero-order valence-electron chi connectivity index (χ0n) is 16.3. The van der Waals surface area contributed by atoms with E-state index in [1.54, 1.807) is 13.0 Å². The van der Waals surface area contributed by atoms with Crippen LogP contribution in [-0.4, -0.2) is 54.0 Å². The van der Waals surface area contributed by atoms with Crippen LogP contribution in [0.3, 0.4) is 0 Å². The average Bonchev–Trinajstić information content (AvgIpc) is 2.98. The van der Waals surface area contributed by atoms with Gasteiger partial charge >= 0.3 is 6.18 Å². The Morgan fingerprint density at radius 2 is 1.82 bits per heavy atom. The Kier molecular flexibility index (Phi) is 5.56. The first-order valence-electron chi connectivity index (χ1n) is 10.1. The van der Waals surface area contributed by atoms with Gasteiger partial charge in [0.1, 0.15) is 6.54 Å². The number of rotatable bonds is 4. The third kappa shape index (κ3) is 4.30. The Balaban J connectivity index is 1.45. The predicted octanol–water partition coefficient (Wildman–Crippen LogP) is 4.57. The highest BCUT2D eigenvalue weighted by atomic mass is 19.4. The van der Waals surface area contributed by atoms with Gasteiger partial charge in [0.2, 0.25) is 0 Å². The van der Waals surface area contributed by atoms with Crippen LogP contribution >= 0.6 is 0 Å². The zero-order valence-corrected chi connectivity index (χ0v) is 16.3. The second kappa shape index (κ2) is 7.95. The SMILES string of the molecule is Cc1cc2c(NC3CCC(N4CCOCC4)CC3)cccc2n1CC(F)(F)F. The molecule has 0 atom stereocenters. The molecule has 2 fully saturated rings. The topological polar surface area (TPSA) is 29.4 Å². The summed E-state index contributed by atoms with van der Waals surface area (Å²) in [6.45, 7) is 4.49. The minimum absolute atomic E-state index is 0.370. The predicted molar refractivity (Wildman–Crippen MR) is 105 cm³/mol. The van der Waals surface area contributed by atoms with E-state index in [4.69, 9.17) is 4.74 Å². The van der Waals surface area contributed by atoms with Crippen molar-refractivity contribution in [3.63, 3.8) is 0 Å². The van der Waals surface area contributed by atoms with Crippen molar-refractivity contribution in [2.24, 2.45) is 0 Å². The molecule has 28 heavy (non-hydrogen) atoms. The highest BCUT2D eigenvalue weighted by Gasteiger charge is 2.30. The molecule has 1 aromatic heterocycles. The van der Waals surface area contributed by atoms with Crippen LogP contribution in [0.4, 0.5) is 18.9 Å². The fraction of sp³-hybridized carbons (Fsp3) is 0.619. The molecule has 1 aliphatic carbocycles. The van der Waals surface area contributed by atoms with E-state index in [0.29, 0.717) is 23.3 Å². The first kappa shape index (κ1) is 19.6. The molecule has 0 amide bonds. The maximum absolute atomic E-state index is 12.9. The van der Waals surface area contributed by atoms with Crippen molar-refractivity contribution in [3.8, 4) is 0 Å². The second-order valence-corrected chi connectivity index (χ2v) is 8.02. The molecule has 1 N–H and O–H groups in total. The van der Waals surface area contributed by atoms with Crippen molar-refractivity contribution in [3.05, 3.63) is 30.0 Å². The van der Waals surface area contributed by atoms with Gasteiger partial charge in [0.05, 0.1) is 18.7 Å². The van der Waals surface area contributed by atoms with Crippen LogP contribution in [0.5, 0.6) is 0 Å². The number of aromatic nitrogens is 1. The Morgan fingerprint density at radius 1 is 1.11 bits per heavy atom. The van der Waals surface area contributed by atoms with E-state index >= 15 is 0 Å². The summed E-state index contributed by atoms with van der Waals surface area (Å²) in [7, 11) is 0. The third-order valence-corrected chi connectivity index (χ3v) is 6.11. The summed E-state index contributed by atoms with van der Waals surface area (Å²) in [6, 6.07) is 8.46. The first-order chi connectivity index (χ1) is 13.4. The summed E-state index contributed by atoms with van der Waals surface area (Å²) in [6.07, 6.45) is 0.253. The summed E-state index contributed by atoms with van der Waals surface area (Å²) >= 11 is 0. The van der Waals surface area contributed by atoms with Crippen molar-refractivity contribution in [1.82, 2.24) is 9.47 Å². The van der Waals surface area contributed by atoms with Gasteiger partial charge in [0.25, 0.3) is 0 Å². The number of fused-ring (bicyclic) bond motifs is 1. The summed E-state index contributed by atoms with van der Waals surface area (Å²) in [4.78, 5) is 2.54. The van der Waals surface area contributed by atoms with Crippen LogP contribution in [0.2, 0.25) is 0 Å². The van der Waals surface area contributed by atoms with Gasteiger partial charge in [-0.15, -0.1) is 0 Å². The Hall–Kier alpha value is -1.73. The van der Waals surface area contributed by atoms with Crippen LogP contribution in [0.25, 0.3) is 10.9 Å². The third-order valence-electron chi connectivity index (χ3n) is 6.11. The number of nitrogens with one attached hydrogen (secondary N) is 1. The van der Waals surface area contributed by atoms with Gasteiger partial charge < -0.3 is 14.6 Å². The molecule has 1 saturated carbocycles. The molecule has 2 aliphatic rings. The number of ether oxygens (including phenoxy) is 1. The molecule has 1 aromatic carbocycles. The maximum Gasteiger partial charge on any atom is 0.406 e. The smallest absolute Gasteiger partial charge is 0.382 e. The number of alkyl halides is 3. The summed E-state index contributed by atoms with van der Waals surface area (Å²) < 4.78 is 45.6. The van der Waals surface area contributed by atoms with Gasteiger partial charge in [-0.3, -0.25) is 4.90 Å². The second-order valence-electron chi connectivity index (χ2n) is 8.02. The van der Waals surface area contributed by atoms with E-state index in [9.17, 15) is 13.2 Å². The van der Waals surface area contributed by atoms with Crippen LogP contribution in [-0.2, 0) is 11.3 Å². The molecule has 0 unspecified atom stereocenters. The Labute approximate surface area is 163 Å². The molecule has 1 saturated heterocycles. The normalized spacial score (nSPS) is 24.6. The lowest BCUT2D eigenvalue weighted by Gasteiger charge is -2.39. The molecule has 7 heteroatoms. The van der Waals surface area contributed by atoms with Crippen molar-refractivity contribution >= 4 is 16.6 Å². The van der Waals surface area contributed by atoms with Crippen molar-refractivity contribution < 1.29 is 17.9 Å². The van der Waals surface area contributed by atoms with E-state index in [-0.39, 0.29) is 0 Å². The quantitative estimate of drug-likeness (QED) is 0.823. The van der Waals surface area contributed by atoms with Crippen LogP contribution in [0, 0.1) is 6.92 Å². The van der Waals surface area contributed by atoms with Gasteiger partial charge in [-0.1, -0.05) is 6.07 Å². The molecule has 154 valence electrons. The maximum atomic E-state index is 12.9. The van der Waals surface area contributed by atoms with Gasteiger partial charge in [-0.2, -0.15) is 13.2 Å². The van der Waals surface area contributed by atoms with E-state index in [1.807, 2.05) is 18.2 Å². The van der Waals surface area contributed by atoms with Gasteiger partial charge in [-0.05, 0) is 50.8 Å². The molecular formula is C21H28F3N3O. The lowest BCUT2D eigenvalue weighted by atomic mass is 9.89. The molecule has 4 nitrogen and oxygen atoms in total. The highest BCUT2D eigenvalue weighted by Crippen LogP contribution is 2.32. The fourth-order valence-corrected chi connectivity index (χ4v) is 4.68. The molecule has 0 bridgehead atoms. The molecule has 1 aliphatic heterocycles. The van der Waals surface area contributed by atoms with Crippen LogP contribution in [0.1, 0.15) is 31.4 Å². The summed E-state index contributed by atoms with van der Waals surface area (Å²) in [5, 5.41) is 4.49. The molecule has 0 radical (unpaired) electrons. The van der Waals surface area contributed by atoms with Crippen LogP contribution in [0.15, 0.2) is 24.3 Å². The van der Waals surface area contributed by atoms with Crippen molar-refractivity contribution in [2.75, 3.05) is 31.6 Å². The standard InChI is InChI=1S/C21H28F3N3O/c1-15-13-18-19(3-2-4-20(18)27(15)14-21(22,23)24)25-16-5-7-17(8-6-16)26-9-11-28-12-10-26/h2-4,13,16-17,25H,5-12,14H2,1H3. The van der Waals surface area contributed by atoms with E-state index < -0.39 is 12.7 Å². The zero-order chi connectivity index (χ0) is 19.7. The lowest BCUT2D eigenvalue weighted by Crippen LogP contribution is -2.46.